The minimum Gasteiger partial charge on any atom is -0.349 e. The van der Waals surface area contributed by atoms with Crippen LogP contribution in [0.25, 0.3) is 0 Å². The summed E-state index contributed by atoms with van der Waals surface area (Å²) < 4.78 is 0. The normalized spacial score (nSPS) is 16.1. The Kier molecular flexibility index (Phi) is 5.31. The Bertz CT molecular complexity index is 668. The fraction of sp³-hybridized carbons (Fsp3) is 0.381. The van der Waals surface area contributed by atoms with Crippen molar-refractivity contribution < 1.29 is 4.79 Å². The van der Waals surface area contributed by atoms with Crippen LogP contribution in [0.1, 0.15) is 39.9 Å². The highest BCUT2D eigenvalue weighted by Crippen LogP contribution is 2.16. The van der Waals surface area contributed by atoms with Gasteiger partial charge in [-0.2, -0.15) is 0 Å². The van der Waals surface area contributed by atoms with Gasteiger partial charge in [-0.15, -0.1) is 0 Å². The first kappa shape index (κ1) is 16.7. The molecule has 1 N–H and O–H groups in total. The summed E-state index contributed by atoms with van der Waals surface area (Å²) >= 11 is 0. The molecule has 3 heteroatoms. The predicted octanol–water partition coefficient (Wildman–Crippen LogP) is 3.70. The molecule has 1 amide bonds. The van der Waals surface area contributed by atoms with Crippen LogP contribution in [0.5, 0.6) is 0 Å². The van der Waals surface area contributed by atoms with E-state index in [0.717, 1.165) is 38.0 Å². The third-order valence-corrected chi connectivity index (χ3v) is 4.65. The molecule has 0 radical (unpaired) electrons. The Labute approximate surface area is 144 Å². The van der Waals surface area contributed by atoms with Crippen molar-refractivity contribution in [3.05, 3.63) is 70.8 Å². The van der Waals surface area contributed by atoms with Crippen LogP contribution < -0.4 is 5.32 Å². The number of aryl methyl sites for hydroxylation is 2. The van der Waals surface area contributed by atoms with Gasteiger partial charge in [-0.1, -0.05) is 47.5 Å². The lowest BCUT2D eigenvalue weighted by Gasteiger charge is -2.32. The lowest BCUT2D eigenvalue weighted by atomic mass is 10.0. The van der Waals surface area contributed by atoms with Crippen molar-refractivity contribution >= 4 is 5.91 Å². The summed E-state index contributed by atoms with van der Waals surface area (Å²) in [6.45, 7) is 7.38. The van der Waals surface area contributed by atoms with E-state index >= 15 is 0 Å². The first-order valence-electron chi connectivity index (χ1n) is 8.75. The van der Waals surface area contributed by atoms with Gasteiger partial charge in [0, 0.05) is 31.2 Å². The van der Waals surface area contributed by atoms with E-state index in [9.17, 15) is 4.79 Å². The number of likely N-dealkylation sites (tertiary alicyclic amines) is 1. The monoisotopic (exact) mass is 322 g/mol. The molecule has 1 heterocycles. The Morgan fingerprint density at radius 3 is 2.29 bits per heavy atom. The summed E-state index contributed by atoms with van der Waals surface area (Å²) in [6, 6.07) is 16.5. The van der Waals surface area contributed by atoms with Gasteiger partial charge >= 0.3 is 0 Å². The van der Waals surface area contributed by atoms with Crippen molar-refractivity contribution in [3.63, 3.8) is 0 Å². The first-order chi connectivity index (χ1) is 11.6. The molecule has 2 aromatic carbocycles. The fourth-order valence-electron chi connectivity index (χ4n) is 3.51. The Hall–Kier alpha value is -2.13. The highest BCUT2D eigenvalue weighted by molar-refractivity contribution is 5.94. The quantitative estimate of drug-likeness (QED) is 0.931. The summed E-state index contributed by atoms with van der Waals surface area (Å²) in [5, 5.41) is 3.17. The molecule has 0 spiro atoms. The minimum absolute atomic E-state index is 0.0448. The van der Waals surface area contributed by atoms with Crippen LogP contribution in [0.4, 0.5) is 0 Å². The molecule has 0 atom stereocenters. The largest absolute Gasteiger partial charge is 0.349 e. The number of rotatable bonds is 4. The maximum Gasteiger partial charge on any atom is 0.251 e. The first-order valence-corrected chi connectivity index (χ1v) is 8.75. The van der Waals surface area contributed by atoms with Crippen LogP contribution in [0.15, 0.2) is 48.5 Å². The maximum atomic E-state index is 12.2. The molecule has 2 aromatic rings. The number of hydrogen-bond acceptors (Lipinski definition) is 2. The molecule has 1 aliphatic heterocycles. The third-order valence-electron chi connectivity index (χ3n) is 4.65. The van der Waals surface area contributed by atoms with Crippen molar-refractivity contribution in [1.29, 1.82) is 0 Å². The number of piperidine rings is 1. The van der Waals surface area contributed by atoms with Crippen LogP contribution in [0.3, 0.4) is 0 Å². The van der Waals surface area contributed by atoms with Crippen molar-refractivity contribution in [2.24, 2.45) is 0 Å². The summed E-state index contributed by atoms with van der Waals surface area (Å²) in [7, 11) is 0. The molecule has 1 fully saturated rings. The smallest absolute Gasteiger partial charge is 0.251 e. The van der Waals surface area contributed by atoms with Gasteiger partial charge in [0.2, 0.25) is 0 Å². The molecule has 1 saturated heterocycles. The van der Waals surface area contributed by atoms with Gasteiger partial charge in [-0.25, -0.2) is 0 Å². The van der Waals surface area contributed by atoms with Crippen molar-refractivity contribution in [2.75, 3.05) is 13.1 Å². The van der Waals surface area contributed by atoms with Gasteiger partial charge in [-0.05, 0) is 44.4 Å². The number of carbonyl (C=O) groups is 1. The molecule has 0 aromatic heterocycles. The Morgan fingerprint density at radius 1 is 1.04 bits per heavy atom. The van der Waals surface area contributed by atoms with Gasteiger partial charge in [-0.3, -0.25) is 9.69 Å². The second-order valence-corrected chi connectivity index (χ2v) is 6.89. The van der Waals surface area contributed by atoms with Crippen LogP contribution in [0.2, 0.25) is 0 Å². The van der Waals surface area contributed by atoms with E-state index in [1.165, 1.54) is 16.7 Å². The molecule has 0 bridgehead atoms. The van der Waals surface area contributed by atoms with Crippen LogP contribution in [-0.2, 0) is 6.54 Å². The number of nitrogens with zero attached hydrogens (tertiary/aromatic N) is 1. The Morgan fingerprint density at radius 2 is 1.67 bits per heavy atom. The second kappa shape index (κ2) is 7.63. The lowest BCUT2D eigenvalue weighted by Crippen LogP contribution is -2.44. The van der Waals surface area contributed by atoms with E-state index < -0.39 is 0 Å². The van der Waals surface area contributed by atoms with E-state index in [2.05, 4.69) is 42.3 Å². The van der Waals surface area contributed by atoms with Gasteiger partial charge in [0.15, 0.2) is 0 Å². The number of nitrogens with one attached hydrogen (secondary N) is 1. The van der Waals surface area contributed by atoms with E-state index in [1.54, 1.807) is 0 Å². The molecule has 1 aliphatic rings. The molecule has 3 nitrogen and oxygen atoms in total. The molecule has 24 heavy (non-hydrogen) atoms. The second-order valence-electron chi connectivity index (χ2n) is 6.89. The highest BCUT2D eigenvalue weighted by Gasteiger charge is 2.21. The molecular weight excluding hydrogens is 296 g/mol. The molecule has 0 saturated carbocycles. The molecule has 126 valence electrons. The standard InChI is InChI=1S/C21H26N2O/c1-16-12-17(2)14-18(13-16)15-23-10-8-20(9-11-23)22-21(24)19-6-4-3-5-7-19/h3-7,12-14,20H,8-11,15H2,1-2H3,(H,22,24). The van der Waals surface area contributed by atoms with E-state index in [-0.39, 0.29) is 11.9 Å². The number of hydrogen-bond donors (Lipinski definition) is 1. The summed E-state index contributed by atoms with van der Waals surface area (Å²) in [5.74, 6) is 0.0448. The summed E-state index contributed by atoms with van der Waals surface area (Å²) in [4.78, 5) is 14.7. The van der Waals surface area contributed by atoms with Crippen LogP contribution in [-0.4, -0.2) is 29.9 Å². The van der Waals surface area contributed by atoms with Crippen LogP contribution >= 0.6 is 0 Å². The Balaban J connectivity index is 1.50. The third kappa shape index (κ3) is 4.45. The molecule has 0 aliphatic carbocycles. The van der Waals surface area contributed by atoms with E-state index in [0.29, 0.717) is 0 Å². The molecule has 3 rings (SSSR count). The number of benzene rings is 2. The molecule has 0 unspecified atom stereocenters. The van der Waals surface area contributed by atoms with E-state index in [1.807, 2.05) is 30.3 Å². The van der Waals surface area contributed by atoms with Crippen LogP contribution in [0, 0.1) is 13.8 Å². The van der Waals surface area contributed by atoms with Gasteiger partial charge in [0.05, 0.1) is 0 Å². The van der Waals surface area contributed by atoms with Gasteiger partial charge in [0.25, 0.3) is 5.91 Å². The zero-order valence-electron chi connectivity index (χ0n) is 14.6. The van der Waals surface area contributed by atoms with Crippen molar-refractivity contribution in [3.8, 4) is 0 Å². The fourth-order valence-corrected chi connectivity index (χ4v) is 3.51. The molecular formula is C21H26N2O. The average molecular weight is 322 g/mol. The van der Waals surface area contributed by atoms with Gasteiger partial charge < -0.3 is 5.32 Å². The average Bonchev–Trinajstić information content (AvgIpc) is 2.56. The topological polar surface area (TPSA) is 32.3 Å². The van der Waals surface area contributed by atoms with E-state index in [4.69, 9.17) is 0 Å². The maximum absolute atomic E-state index is 12.2. The number of amides is 1. The lowest BCUT2D eigenvalue weighted by molar-refractivity contribution is 0.0909. The van der Waals surface area contributed by atoms with Crippen molar-refractivity contribution in [1.82, 2.24) is 10.2 Å². The van der Waals surface area contributed by atoms with Crippen molar-refractivity contribution in [2.45, 2.75) is 39.3 Å². The highest BCUT2D eigenvalue weighted by atomic mass is 16.1. The van der Waals surface area contributed by atoms with Gasteiger partial charge in [0.1, 0.15) is 0 Å². The zero-order valence-corrected chi connectivity index (χ0v) is 14.6. The minimum atomic E-state index is 0.0448. The zero-order chi connectivity index (χ0) is 16.9. The number of carbonyl (C=O) groups excluding carboxylic acids is 1. The summed E-state index contributed by atoms with van der Waals surface area (Å²) in [5.41, 5.74) is 4.79. The SMILES string of the molecule is Cc1cc(C)cc(CN2CCC(NC(=O)c3ccccc3)CC2)c1. The summed E-state index contributed by atoms with van der Waals surface area (Å²) in [6.07, 6.45) is 2.03. The predicted molar refractivity (Wildman–Crippen MR) is 98.1 cm³/mol.